The summed E-state index contributed by atoms with van der Waals surface area (Å²) in [7, 11) is 0. The van der Waals surface area contributed by atoms with Crippen molar-refractivity contribution in [3.63, 3.8) is 0 Å². The van der Waals surface area contributed by atoms with E-state index in [9.17, 15) is 4.79 Å². The number of nitrogens with zero attached hydrogens (tertiary/aromatic N) is 1. The van der Waals surface area contributed by atoms with Gasteiger partial charge in [-0.3, -0.25) is 5.32 Å². The van der Waals surface area contributed by atoms with Crippen LogP contribution in [0.2, 0.25) is 0 Å². The monoisotopic (exact) mass is 192 g/mol. The van der Waals surface area contributed by atoms with Crippen LogP contribution in [0.25, 0.3) is 0 Å². The van der Waals surface area contributed by atoms with Crippen molar-refractivity contribution in [3.8, 4) is 0 Å². The molecule has 0 aromatic heterocycles. The van der Waals surface area contributed by atoms with Crippen LogP contribution < -0.4 is 10.2 Å². The summed E-state index contributed by atoms with van der Waals surface area (Å²) in [6.45, 7) is 2.81. The standard InChI is InChI=1S/C10H12N2O2/c13-10(14)8-1-3-9(4-2-8)12-6-5-11-7-12/h1-4,11H,5-7H2,(H,13,14). The topological polar surface area (TPSA) is 52.6 Å². The van der Waals surface area contributed by atoms with Crippen molar-refractivity contribution in [2.75, 3.05) is 24.7 Å². The molecule has 0 spiro atoms. The van der Waals surface area contributed by atoms with E-state index in [1.165, 1.54) is 0 Å². The molecule has 1 saturated heterocycles. The average Bonchev–Trinajstić information content (AvgIpc) is 2.71. The Morgan fingerprint density at radius 3 is 2.57 bits per heavy atom. The maximum absolute atomic E-state index is 10.6. The Hall–Kier alpha value is -1.55. The second-order valence-electron chi connectivity index (χ2n) is 3.27. The summed E-state index contributed by atoms with van der Waals surface area (Å²) in [6, 6.07) is 6.96. The first-order valence-corrected chi connectivity index (χ1v) is 4.56. The van der Waals surface area contributed by atoms with Gasteiger partial charge in [0.25, 0.3) is 0 Å². The quantitative estimate of drug-likeness (QED) is 0.726. The van der Waals surface area contributed by atoms with E-state index in [-0.39, 0.29) is 0 Å². The number of aromatic carboxylic acids is 1. The molecule has 1 aliphatic rings. The lowest BCUT2D eigenvalue weighted by Gasteiger charge is -2.16. The smallest absolute Gasteiger partial charge is 0.335 e. The summed E-state index contributed by atoms with van der Waals surface area (Å²) in [4.78, 5) is 12.8. The molecule has 0 amide bonds. The molecule has 2 N–H and O–H groups in total. The average molecular weight is 192 g/mol. The normalized spacial score (nSPS) is 15.9. The Morgan fingerprint density at radius 1 is 1.36 bits per heavy atom. The first kappa shape index (κ1) is 9.02. The van der Waals surface area contributed by atoms with Crippen LogP contribution in [-0.2, 0) is 0 Å². The molecule has 1 aliphatic heterocycles. The van der Waals surface area contributed by atoms with Gasteiger partial charge in [0.2, 0.25) is 0 Å². The van der Waals surface area contributed by atoms with Gasteiger partial charge in [0.05, 0.1) is 12.2 Å². The van der Waals surface area contributed by atoms with E-state index in [0.29, 0.717) is 5.56 Å². The van der Waals surface area contributed by atoms with Gasteiger partial charge in [-0.1, -0.05) is 0 Å². The Balaban J connectivity index is 2.16. The number of carbonyl (C=O) groups is 1. The van der Waals surface area contributed by atoms with Crippen LogP contribution in [0, 0.1) is 0 Å². The van der Waals surface area contributed by atoms with E-state index < -0.39 is 5.97 Å². The molecule has 0 unspecified atom stereocenters. The molecule has 0 atom stereocenters. The zero-order valence-electron chi connectivity index (χ0n) is 7.73. The van der Waals surface area contributed by atoms with Crippen molar-refractivity contribution >= 4 is 11.7 Å². The van der Waals surface area contributed by atoms with Crippen LogP contribution in [0.3, 0.4) is 0 Å². The lowest BCUT2D eigenvalue weighted by Crippen LogP contribution is -2.20. The van der Waals surface area contributed by atoms with E-state index in [1.807, 2.05) is 12.1 Å². The zero-order valence-corrected chi connectivity index (χ0v) is 7.73. The predicted molar refractivity (Wildman–Crippen MR) is 53.6 cm³/mol. The lowest BCUT2D eigenvalue weighted by atomic mass is 10.2. The molecular formula is C10H12N2O2. The molecule has 1 heterocycles. The summed E-state index contributed by atoms with van der Waals surface area (Å²) in [5, 5.41) is 11.9. The Bertz CT molecular complexity index is 328. The molecule has 4 nitrogen and oxygen atoms in total. The molecule has 1 aromatic rings. The highest BCUT2D eigenvalue weighted by Gasteiger charge is 2.11. The third kappa shape index (κ3) is 1.70. The second kappa shape index (κ2) is 3.67. The Labute approximate surface area is 82.2 Å². The van der Waals surface area contributed by atoms with Crippen molar-refractivity contribution in [1.29, 1.82) is 0 Å². The third-order valence-electron chi connectivity index (χ3n) is 2.34. The minimum Gasteiger partial charge on any atom is -0.478 e. The van der Waals surface area contributed by atoms with Crippen LogP contribution in [0.5, 0.6) is 0 Å². The largest absolute Gasteiger partial charge is 0.478 e. The summed E-state index contributed by atoms with van der Waals surface area (Å²) in [5.41, 5.74) is 1.40. The van der Waals surface area contributed by atoms with Gasteiger partial charge in [0, 0.05) is 18.8 Å². The number of hydrogen-bond acceptors (Lipinski definition) is 3. The van der Waals surface area contributed by atoms with Gasteiger partial charge in [-0.15, -0.1) is 0 Å². The van der Waals surface area contributed by atoms with Crippen LogP contribution >= 0.6 is 0 Å². The van der Waals surface area contributed by atoms with Gasteiger partial charge < -0.3 is 10.0 Å². The highest BCUT2D eigenvalue weighted by atomic mass is 16.4. The van der Waals surface area contributed by atoms with Crippen molar-refractivity contribution in [2.45, 2.75) is 0 Å². The SMILES string of the molecule is O=C(O)c1ccc(N2CCNC2)cc1. The van der Waals surface area contributed by atoms with Crippen LogP contribution in [0.15, 0.2) is 24.3 Å². The molecule has 1 aromatic carbocycles. The third-order valence-corrected chi connectivity index (χ3v) is 2.34. The molecule has 0 bridgehead atoms. The Morgan fingerprint density at radius 2 is 2.07 bits per heavy atom. The van der Waals surface area contributed by atoms with Gasteiger partial charge in [-0.05, 0) is 24.3 Å². The van der Waals surface area contributed by atoms with Crippen molar-refractivity contribution in [2.24, 2.45) is 0 Å². The highest BCUT2D eigenvalue weighted by Crippen LogP contribution is 2.15. The van der Waals surface area contributed by atoms with Gasteiger partial charge in [0.15, 0.2) is 0 Å². The molecule has 14 heavy (non-hydrogen) atoms. The first-order chi connectivity index (χ1) is 6.77. The number of rotatable bonds is 2. The van der Waals surface area contributed by atoms with Gasteiger partial charge >= 0.3 is 5.97 Å². The van der Waals surface area contributed by atoms with Gasteiger partial charge in [-0.2, -0.15) is 0 Å². The minimum atomic E-state index is -0.879. The molecular weight excluding hydrogens is 180 g/mol. The van der Waals surface area contributed by atoms with Crippen LogP contribution in [0.4, 0.5) is 5.69 Å². The number of carboxylic acids is 1. The Kier molecular flexibility index (Phi) is 2.37. The van der Waals surface area contributed by atoms with Crippen molar-refractivity contribution < 1.29 is 9.90 Å². The fourth-order valence-corrected chi connectivity index (χ4v) is 1.54. The number of carboxylic acid groups (broad SMARTS) is 1. The summed E-state index contributed by atoms with van der Waals surface area (Å²) in [5.74, 6) is -0.879. The molecule has 1 fully saturated rings. The molecule has 74 valence electrons. The number of nitrogens with one attached hydrogen (secondary N) is 1. The van der Waals surface area contributed by atoms with E-state index in [2.05, 4.69) is 10.2 Å². The zero-order chi connectivity index (χ0) is 9.97. The summed E-state index contributed by atoms with van der Waals surface area (Å²) < 4.78 is 0. The lowest BCUT2D eigenvalue weighted by molar-refractivity contribution is 0.0697. The van der Waals surface area contributed by atoms with E-state index >= 15 is 0 Å². The summed E-state index contributed by atoms with van der Waals surface area (Å²) in [6.07, 6.45) is 0. The number of benzene rings is 1. The second-order valence-corrected chi connectivity index (χ2v) is 3.27. The minimum absolute atomic E-state index is 0.334. The first-order valence-electron chi connectivity index (χ1n) is 4.56. The molecule has 0 saturated carbocycles. The number of anilines is 1. The molecule has 0 radical (unpaired) electrons. The summed E-state index contributed by atoms with van der Waals surface area (Å²) >= 11 is 0. The maximum Gasteiger partial charge on any atom is 0.335 e. The van der Waals surface area contributed by atoms with Crippen molar-refractivity contribution in [1.82, 2.24) is 5.32 Å². The van der Waals surface area contributed by atoms with E-state index in [4.69, 9.17) is 5.11 Å². The van der Waals surface area contributed by atoms with Crippen molar-refractivity contribution in [3.05, 3.63) is 29.8 Å². The van der Waals surface area contributed by atoms with E-state index in [1.54, 1.807) is 12.1 Å². The fourth-order valence-electron chi connectivity index (χ4n) is 1.54. The van der Waals surface area contributed by atoms with Gasteiger partial charge in [0.1, 0.15) is 0 Å². The van der Waals surface area contributed by atoms with Crippen LogP contribution in [-0.4, -0.2) is 30.8 Å². The molecule has 2 rings (SSSR count). The van der Waals surface area contributed by atoms with E-state index in [0.717, 1.165) is 25.4 Å². The molecule has 0 aliphatic carbocycles. The van der Waals surface area contributed by atoms with Gasteiger partial charge in [-0.25, -0.2) is 4.79 Å². The number of hydrogen-bond donors (Lipinski definition) is 2. The highest BCUT2D eigenvalue weighted by molar-refractivity contribution is 5.88. The fraction of sp³-hybridized carbons (Fsp3) is 0.300. The predicted octanol–water partition coefficient (Wildman–Crippen LogP) is 0.752. The molecule has 4 heteroatoms. The van der Waals surface area contributed by atoms with Crippen LogP contribution in [0.1, 0.15) is 10.4 Å². The maximum atomic E-state index is 10.6.